The zero-order valence-electron chi connectivity index (χ0n) is 12.1. The molecule has 5 heteroatoms. The van der Waals surface area contributed by atoms with Gasteiger partial charge in [0, 0.05) is 6.92 Å². The second-order valence-electron chi connectivity index (χ2n) is 4.38. The van der Waals surface area contributed by atoms with Crippen LogP contribution in [0.15, 0.2) is 18.2 Å². The first-order valence-corrected chi connectivity index (χ1v) is 6.60. The maximum atomic E-state index is 11.4. The fourth-order valence-corrected chi connectivity index (χ4v) is 1.52. The molecule has 0 spiro atoms. The van der Waals surface area contributed by atoms with Gasteiger partial charge in [-0.25, -0.2) is 4.79 Å². The average Bonchev–Trinajstić information content (AvgIpc) is 2.37. The summed E-state index contributed by atoms with van der Waals surface area (Å²) in [7, 11) is 0. The molecule has 1 rings (SSSR count). The van der Waals surface area contributed by atoms with Crippen molar-refractivity contribution in [3.63, 3.8) is 0 Å². The Morgan fingerprint density at radius 1 is 1.25 bits per heavy atom. The second-order valence-corrected chi connectivity index (χ2v) is 4.38. The minimum Gasteiger partial charge on any atom is -0.482 e. The van der Waals surface area contributed by atoms with E-state index in [4.69, 9.17) is 14.2 Å². The lowest BCUT2D eigenvalue weighted by molar-refractivity contribution is -0.146. The van der Waals surface area contributed by atoms with Crippen molar-refractivity contribution in [1.82, 2.24) is 0 Å². The molecule has 0 N–H and O–H groups in total. The van der Waals surface area contributed by atoms with E-state index in [0.29, 0.717) is 18.1 Å². The first-order valence-electron chi connectivity index (χ1n) is 6.60. The fourth-order valence-electron chi connectivity index (χ4n) is 1.52. The van der Waals surface area contributed by atoms with Gasteiger partial charge in [-0.3, -0.25) is 4.79 Å². The monoisotopic (exact) mass is 280 g/mol. The molecule has 5 nitrogen and oxygen atoms in total. The van der Waals surface area contributed by atoms with Crippen molar-refractivity contribution >= 4 is 11.9 Å². The number of carbonyl (C=O) groups excluding carboxylic acids is 2. The zero-order valence-corrected chi connectivity index (χ0v) is 12.1. The summed E-state index contributed by atoms with van der Waals surface area (Å²) < 4.78 is 15.3. The summed E-state index contributed by atoms with van der Waals surface area (Å²) in [4.78, 5) is 22.2. The molecule has 0 aliphatic heterocycles. The van der Waals surface area contributed by atoms with Crippen molar-refractivity contribution in [2.45, 2.75) is 33.6 Å². The summed E-state index contributed by atoms with van der Waals surface area (Å²) in [6.07, 6.45) is 1.83. The Balaban J connectivity index is 2.48. The second kappa shape index (κ2) is 8.19. The quantitative estimate of drug-likeness (QED) is 0.436. The minimum absolute atomic E-state index is 0.128. The Morgan fingerprint density at radius 2 is 2.00 bits per heavy atom. The highest BCUT2D eigenvalue weighted by Gasteiger charge is 2.07. The van der Waals surface area contributed by atoms with Crippen molar-refractivity contribution in [2.75, 3.05) is 13.2 Å². The zero-order chi connectivity index (χ0) is 15.0. The summed E-state index contributed by atoms with van der Waals surface area (Å²) in [5.41, 5.74) is 0.783. The number of ether oxygens (including phenoxy) is 3. The van der Waals surface area contributed by atoms with E-state index in [1.54, 1.807) is 18.2 Å². The molecule has 0 atom stereocenters. The van der Waals surface area contributed by atoms with Crippen LogP contribution < -0.4 is 9.47 Å². The molecule has 1 aromatic carbocycles. The Bertz CT molecular complexity index is 467. The van der Waals surface area contributed by atoms with Crippen molar-refractivity contribution in [2.24, 2.45) is 0 Å². The van der Waals surface area contributed by atoms with Crippen LogP contribution in [0.5, 0.6) is 11.5 Å². The van der Waals surface area contributed by atoms with Gasteiger partial charge in [0.1, 0.15) is 11.5 Å². The van der Waals surface area contributed by atoms with Gasteiger partial charge >= 0.3 is 11.9 Å². The van der Waals surface area contributed by atoms with Crippen LogP contribution in [0.1, 0.15) is 32.3 Å². The third-order valence-electron chi connectivity index (χ3n) is 2.51. The average molecular weight is 280 g/mol. The van der Waals surface area contributed by atoms with E-state index < -0.39 is 0 Å². The van der Waals surface area contributed by atoms with E-state index in [1.807, 2.05) is 13.8 Å². The molecule has 0 bridgehead atoms. The smallest absolute Gasteiger partial charge is 0.344 e. The molecule has 0 amide bonds. The molecule has 0 aromatic heterocycles. The Morgan fingerprint density at radius 3 is 2.60 bits per heavy atom. The van der Waals surface area contributed by atoms with Gasteiger partial charge in [-0.2, -0.15) is 0 Å². The number of carbonyl (C=O) groups is 2. The van der Waals surface area contributed by atoms with Gasteiger partial charge in [-0.05, 0) is 37.1 Å². The number of hydrogen-bond donors (Lipinski definition) is 0. The number of esters is 2. The first kappa shape index (κ1) is 16.0. The molecule has 0 saturated heterocycles. The van der Waals surface area contributed by atoms with E-state index >= 15 is 0 Å². The normalized spacial score (nSPS) is 9.95. The van der Waals surface area contributed by atoms with Crippen molar-refractivity contribution < 1.29 is 23.8 Å². The highest BCUT2D eigenvalue weighted by Crippen LogP contribution is 2.23. The van der Waals surface area contributed by atoms with E-state index in [9.17, 15) is 9.59 Å². The van der Waals surface area contributed by atoms with Crippen molar-refractivity contribution in [3.05, 3.63) is 23.8 Å². The van der Waals surface area contributed by atoms with Crippen LogP contribution in [0.25, 0.3) is 0 Å². The lowest BCUT2D eigenvalue weighted by Crippen LogP contribution is -2.15. The van der Waals surface area contributed by atoms with Crippen LogP contribution in [-0.4, -0.2) is 25.2 Å². The van der Waals surface area contributed by atoms with Crippen LogP contribution in [0.2, 0.25) is 0 Å². The lowest BCUT2D eigenvalue weighted by Gasteiger charge is -2.10. The molecule has 0 heterocycles. The van der Waals surface area contributed by atoms with E-state index in [2.05, 4.69) is 0 Å². The Labute approximate surface area is 118 Å². The van der Waals surface area contributed by atoms with Crippen LogP contribution in [0.4, 0.5) is 0 Å². The highest BCUT2D eigenvalue weighted by molar-refractivity contribution is 5.71. The molecule has 0 aliphatic carbocycles. The van der Waals surface area contributed by atoms with Crippen LogP contribution in [-0.2, 0) is 14.3 Å². The van der Waals surface area contributed by atoms with Gasteiger partial charge in [0.25, 0.3) is 0 Å². The summed E-state index contributed by atoms with van der Waals surface area (Å²) in [6.45, 7) is 5.47. The minimum atomic E-state index is -0.387. The predicted octanol–water partition coefficient (Wildman–Crippen LogP) is 2.64. The van der Waals surface area contributed by atoms with Gasteiger partial charge in [0.05, 0.1) is 6.61 Å². The molecule has 0 saturated carbocycles. The molecular formula is C15H20O5. The summed E-state index contributed by atoms with van der Waals surface area (Å²) in [5.74, 6) is 0.251. The van der Waals surface area contributed by atoms with E-state index in [1.165, 1.54) is 6.92 Å². The summed E-state index contributed by atoms with van der Waals surface area (Å²) in [5, 5.41) is 0. The fraction of sp³-hybridized carbons (Fsp3) is 0.467. The molecule has 0 fully saturated rings. The van der Waals surface area contributed by atoms with Gasteiger partial charge in [0.2, 0.25) is 0 Å². The standard InChI is InChI=1S/C15H20O5/c1-4-5-8-18-15(17)10-19-14-7-6-13(9-11(14)2)20-12(3)16/h6-7,9H,4-5,8,10H2,1-3H3. The van der Waals surface area contributed by atoms with Crippen LogP contribution in [0.3, 0.4) is 0 Å². The van der Waals surface area contributed by atoms with Gasteiger partial charge < -0.3 is 14.2 Å². The number of rotatable bonds is 7. The highest BCUT2D eigenvalue weighted by atomic mass is 16.6. The van der Waals surface area contributed by atoms with E-state index in [0.717, 1.165) is 18.4 Å². The Hall–Kier alpha value is -2.04. The van der Waals surface area contributed by atoms with Gasteiger partial charge in [0.15, 0.2) is 6.61 Å². The Kier molecular flexibility index (Phi) is 6.56. The van der Waals surface area contributed by atoms with Crippen molar-refractivity contribution in [3.8, 4) is 11.5 Å². The molecular weight excluding hydrogens is 260 g/mol. The first-order chi connectivity index (χ1) is 9.52. The summed E-state index contributed by atoms with van der Waals surface area (Å²) in [6, 6.07) is 4.96. The van der Waals surface area contributed by atoms with Gasteiger partial charge in [-0.1, -0.05) is 13.3 Å². The van der Waals surface area contributed by atoms with Gasteiger partial charge in [-0.15, -0.1) is 0 Å². The SMILES string of the molecule is CCCCOC(=O)COc1ccc(OC(C)=O)cc1C. The molecule has 1 aromatic rings. The lowest BCUT2D eigenvalue weighted by atomic mass is 10.2. The number of aryl methyl sites for hydroxylation is 1. The maximum Gasteiger partial charge on any atom is 0.344 e. The molecule has 0 unspecified atom stereocenters. The predicted molar refractivity (Wildman–Crippen MR) is 73.9 cm³/mol. The number of hydrogen-bond acceptors (Lipinski definition) is 5. The number of unbranched alkanes of at least 4 members (excludes halogenated alkanes) is 1. The third-order valence-corrected chi connectivity index (χ3v) is 2.51. The maximum absolute atomic E-state index is 11.4. The summed E-state index contributed by atoms with van der Waals surface area (Å²) >= 11 is 0. The number of benzene rings is 1. The molecule has 0 aliphatic rings. The van der Waals surface area contributed by atoms with E-state index in [-0.39, 0.29) is 18.5 Å². The molecule has 0 radical (unpaired) electrons. The van der Waals surface area contributed by atoms with Crippen LogP contribution in [0, 0.1) is 6.92 Å². The van der Waals surface area contributed by atoms with Crippen molar-refractivity contribution in [1.29, 1.82) is 0 Å². The third kappa shape index (κ3) is 5.73. The molecule has 20 heavy (non-hydrogen) atoms. The largest absolute Gasteiger partial charge is 0.482 e. The topological polar surface area (TPSA) is 61.8 Å². The van der Waals surface area contributed by atoms with Crippen LogP contribution >= 0.6 is 0 Å². The molecule has 110 valence electrons.